The van der Waals surface area contributed by atoms with Gasteiger partial charge in [0.2, 0.25) is 5.91 Å². The van der Waals surface area contributed by atoms with Gasteiger partial charge in [-0.15, -0.1) is 0 Å². The zero-order chi connectivity index (χ0) is 14.2. The predicted molar refractivity (Wildman–Crippen MR) is 79.8 cm³/mol. The molecule has 0 aliphatic heterocycles. The molecule has 2 rings (SSSR count). The summed E-state index contributed by atoms with van der Waals surface area (Å²) in [5.74, 6) is -0.0241. The van der Waals surface area contributed by atoms with Crippen LogP contribution < -0.4 is 5.32 Å². The Hall–Kier alpha value is -2.42. The molecule has 2 aromatic rings. The maximum Gasteiger partial charge on any atom is 0.224 e. The number of aldehydes is 1. The number of benzene rings is 2. The van der Waals surface area contributed by atoms with Gasteiger partial charge in [0.15, 0.2) is 0 Å². The fourth-order valence-electron chi connectivity index (χ4n) is 2.01. The van der Waals surface area contributed by atoms with Crippen LogP contribution in [0, 0.1) is 0 Å². The Labute approximate surface area is 118 Å². The van der Waals surface area contributed by atoms with Crippen LogP contribution in [0.2, 0.25) is 0 Å². The third-order valence-electron chi connectivity index (χ3n) is 3.02. The molecule has 0 aromatic heterocycles. The van der Waals surface area contributed by atoms with Crippen LogP contribution in [0.1, 0.15) is 28.8 Å². The Morgan fingerprint density at radius 2 is 1.85 bits per heavy atom. The first-order valence-electron chi connectivity index (χ1n) is 6.67. The molecule has 1 amide bonds. The number of aryl methyl sites for hydroxylation is 1. The van der Waals surface area contributed by atoms with Crippen LogP contribution >= 0.6 is 0 Å². The molecule has 1 N–H and O–H groups in total. The normalized spacial score (nSPS) is 10.0. The van der Waals surface area contributed by atoms with Crippen LogP contribution in [0.15, 0.2) is 54.6 Å². The van der Waals surface area contributed by atoms with Crippen LogP contribution in [0.5, 0.6) is 0 Å². The molecular formula is C17H17NO2. The number of nitrogens with one attached hydrogen (secondary N) is 1. The summed E-state index contributed by atoms with van der Waals surface area (Å²) in [5, 5.41) is 2.81. The fourth-order valence-corrected chi connectivity index (χ4v) is 2.01. The molecule has 0 atom stereocenters. The molecule has 0 saturated heterocycles. The molecule has 20 heavy (non-hydrogen) atoms. The Morgan fingerprint density at radius 1 is 1.05 bits per heavy atom. The number of hydrogen-bond donors (Lipinski definition) is 1. The van der Waals surface area contributed by atoms with E-state index in [4.69, 9.17) is 0 Å². The van der Waals surface area contributed by atoms with E-state index in [1.165, 1.54) is 5.56 Å². The van der Waals surface area contributed by atoms with Gasteiger partial charge in [0.05, 0.1) is 0 Å². The van der Waals surface area contributed by atoms with Crippen molar-refractivity contribution in [3.05, 3.63) is 65.7 Å². The first-order valence-corrected chi connectivity index (χ1v) is 6.67. The van der Waals surface area contributed by atoms with E-state index >= 15 is 0 Å². The minimum atomic E-state index is -0.0241. The summed E-state index contributed by atoms with van der Waals surface area (Å²) >= 11 is 0. The van der Waals surface area contributed by atoms with E-state index in [1.807, 2.05) is 18.2 Å². The highest BCUT2D eigenvalue weighted by molar-refractivity contribution is 5.91. The molecule has 0 aliphatic rings. The fraction of sp³-hybridized carbons (Fsp3) is 0.176. The van der Waals surface area contributed by atoms with Crippen LogP contribution in [0.3, 0.4) is 0 Å². The van der Waals surface area contributed by atoms with Crippen LogP contribution in [0.4, 0.5) is 5.69 Å². The highest BCUT2D eigenvalue weighted by Gasteiger charge is 2.03. The molecule has 0 bridgehead atoms. The largest absolute Gasteiger partial charge is 0.326 e. The molecule has 0 unspecified atom stereocenters. The lowest BCUT2D eigenvalue weighted by Gasteiger charge is -2.05. The topological polar surface area (TPSA) is 46.2 Å². The van der Waals surface area contributed by atoms with Crippen LogP contribution in [-0.2, 0) is 11.2 Å². The summed E-state index contributed by atoms with van der Waals surface area (Å²) in [5.41, 5.74) is 2.47. The van der Waals surface area contributed by atoms with Crippen molar-refractivity contribution in [2.24, 2.45) is 0 Å². The van der Waals surface area contributed by atoms with Gasteiger partial charge in [0.1, 0.15) is 6.29 Å². The molecule has 0 radical (unpaired) electrons. The summed E-state index contributed by atoms with van der Waals surface area (Å²) in [6.07, 6.45) is 2.94. The minimum absolute atomic E-state index is 0.0241. The van der Waals surface area contributed by atoms with Crippen molar-refractivity contribution in [1.29, 1.82) is 0 Å². The number of hydrogen-bond acceptors (Lipinski definition) is 2. The van der Waals surface area contributed by atoms with Crippen LogP contribution in [-0.4, -0.2) is 12.2 Å². The zero-order valence-corrected chi connectivity index (χ0v) is 11.2. The lowest BCUT2D eigenvalue weighted by Crippen LogP contribution is -2.11. The van der Waals surface area contributed by atoms with E-state index in [0.29, 0.717) is 17.7 Å². The van der Waals surface area contributed by atoms with E-state index < -0.39 is 0 Å². The molecule has 0 aliphatic carbocycles. The van der Waals surface area contributed by atoms with Gasteiger partial charge in [-0.3, -0.25) is 9.59 Å². The van der Waals surface area contributed by atoms with Crippen molar-refractivity contribution in [2.45, 2.75) is 19.3 Å². The number of carbonyl (C=O) groups is 2. The average molecular weight is 267 g/mol. The molecule has 2 aromatic carbocycles. The van der Waals surface area contributed by atoms with Crippen molar-refractivity contribution in [3.8, 4) is 0 Å². The van der Waals surface area contributed by atoms with Crippen molar-refractivity contribution in [3.63, 3.8) is 0 Å². The smallest absolute Gasteiger partial charge is 0.224 e. The molecule has 0 saturated carbocycles. The predicted octanol–water partition coefficient (Wildman–Crippen LogP) is 3.46. The van der Waals surface area contributed by atoms with Crippen molar-refractivity contribution in [2.75, 3.05) is 5.32 Å². The number of carbonyl (C=O) groups excluding carboxylic acids is 2. The first kappa shape index (κ1) is 14.0. The highest BCUT2D eigenvalue weighted by Crippen LogP contribution is 2.10. The van der Waals surface area contributed by atoms with Crippen molar-refractivity contribution in [1.82, 2.24) is 0 Å². The Kier molecular flexibility index (Phi) is 5.07. The molecule has 0 fully saturated rings. The van der Waals surface area contributed by atoms with Gasteiger partial charge in [-0.25, -0.2) is 0 Å². The standard InChI is InChI=1S/C17H17NO2/c19-13-15-9-4-10-16(12-15)18-17(20)11-5-8-14-6-2-1-3-7-14/h1-4,6-7,9-10,12-13H,5,8,11H2,(H,18,20). The van der Waals surface area contributed by atoms with Crippen molar-refractivity contribution < 1.29 is 9.59 Å². The van der Waals surface area contributed by atoms with E-state index in [2.05, 4.69) is 17.4 Å². The van der Waals surface area contributed by atoms with Crippen LogP contribution in [0.25, 0.3) is 0 Å². The quantitative estimate of drug-likeness (QED) is 0.815. The maximum atomic E-state index is 11.8. The number of amides is 1. The molecular weight excluding hydrogens is 250 g/mol. The lowest BCUT2D eigenvalue weighted by atomic mass is 10.1. The molecule has 102 valence electrons. The molecule has 3 heteroatoms. The molecule has 0 spiro atoms. The number of rotatable bonds is 6. The van der Waals surface area contributed by atoms with E-state index in [9.17, 15) is 9.59 Å². The highest BCUT2D eigenvalue weighted by atomic mass is 16.1. The Bertz CT molecular complexity index is 579. The second-order valence-electron chi connectivity index (χ2n) is 4.63. The van der Waals surface area contributed by atoms with Gasteiger partial charge < -0.3 is 5.32 Å². The number of anilines is 1. The summed E-state index contributed by atoms with van der Waals surface area (Å²) in [7, 11) is 0. The SMILES string of the molecule is O=Cc1cccc(NC(=O)CCCc2ccccc2)c1. The van der Waals surface area contributed by atoms with E-state index in [-0.39, 0.29) is 5.91 Å². The van der Waals surface area contributed by atoms with Gasteiger partial charge in [-0.2, -0.15) is 0 Å². The summed E-state index contributed by atoms with van der Waals surface area (Å²) in [6.45, 7) is 0. The van der Waals surface area contributed by atoms with Gasteiger partial charge in [-0.1, -0.05) is 42.5 Å². The third kappa shape index (κ3) is 4.35. The van der Waals surface area contributed by atoms with Gasteiger partial charge in [0, 0.05) is 17.7 Å². The summed E-state index contributed by atoms with van der Waals surface area (Å²) < 4.78 is 0. The monoisotopic (exact) mass is 267 g/mol. The van der Waals surface area contributed by atoms with Crippen molar-refractivity contribution >= 4 is 17.9 Å². The van der Waals surface area contributed by atoms with E-state index in [1.54, 1.807) is 24.3 Å². The zero-order valence-electron chi connectivity index (χ0n) is 11.2. The second kappa shape index (κ2) is 7.24. The average Bonchev–Trinajstić information content (AvgIpc) is 2.48. The third-order valence-corrected chi connectivity index (χ3v) is 3.02. The summed E-state index contributed by atoms with van der Waals surface area (Å²) in [4.78, 5) is 22.5. The van der Waals surface area contributed by atoms with E-state index in [0.717, 1.165) is 19.1 Å². The first-order chi connectivity index (χ1) is 9.78. The maximum absolute atomic E-state index is 11.8. The summed E-state index contributed by atoms with van der Waals surface area (Å²) in [6, 6.07) is 17.0. The minimum Gasteiger partial charge on any atom is -0.326 e. The van der Waals surface area contributed by atoms with Gasteiger partial charge >= 0.3 is 0 Å². The van der Waals surface area contributed by atoms with Gasteiger partial charge in [0.25, 0.3) is 0 Å². The lowest BCUT2D eigenvalue weighted by molar-refractivity contribution is -0.116. The Morgan fingerprint density at radius 3 is 2.60 bits per heavy atom. The second-order valence-corrected chi connectivity index (χ2v) is 4.63. The Balaban J connectivity index is 1.79. The molecule has 3 nitrogen and oxygen atoms in total. The molecule has 0 heterocycles. The van der Waals surface area contributed by atoms with Gasteiger partial charge in [-0.05, 0) is 30.5 Å².